The first-order chi connectivity index (χ1) is 15.6. The zero-order valence-electron chi connectivity index (χ0n) is 18.2. The fourth-order valence-electron chi connectivity index (χ4n) is 4.43. The lowest BCUT2D eigenvalue weighted by molar-refractivity contribution is -0.135. The van der Waals surface area contributed by atoms with Crippen molar-refractivity contribution in [2.24, 2.45) is 0 Å². The van der Waals surface area contributed by atoms with Crippen LogP contribution in [0.5, 0.6) is 0 Å². The topological polar surface area (TPSA) is 61.9 Å². The van der Waals surface area contributed by atoms with Crippen LogP contribution in [-0.2, 0) is 20.7 Å². The number of nitrogens with zero attached hydrogens (tertiary/aromatic N) is 2. The van der Waals surface area contributed by atoms with Crippen LogP contribution in [0.15, 0.2) is 35.7 Å². The Morgan fingerprint density at radius 2 is 2.00 bits per heavy atom. The molecule has 2 aromatic rings. The second-order valence-corrected chi connectivity index (χ2v) is 9.25. The Kier molecular flexibility index (Phi) is 7.89. The summed E-state index contributed by atoms with van der Waals surface area (Å²) in [6.45, 7) is 5.55. The quantitative estimate of drug-likeness (QED) is 0.617. The van der Waals surface area contributed by atoms with E-state index in [1.807, 2.05) is 17.5 Å². The van der Waals surface area contributed by atoms with Crippen LogP contribution < -0.4 is 5.32 Å². The number of amides is 2. The molecule has 3 heterocycles. The number of nitrogens with one attached hydrogen (secondary N) is 1. The zero-order valence-corrected chi connectivity index (χ0v) is 19.0. The number of fused-ring (bicyclic) bond motifs is 1. The van der Waals surface area contributed by atoms with Crippen molar-refractivity contribution in [1.82, 2.24) is 15.1 Å². The Labute approximate surface area is 192 Å². The van der Waals surface area contributed by atoms with Gasteiger partial charge in [0, 0.05) is 43.9 Å². The molecule has 1 N–H and O–H groups in total. The van der Waals surface area contributed by atoms with Crippen molar-refractivity contribution in [1.29, 1.82) is 0 Å². The molecule has 172 valence electrons. The van der Waals surface area contributed by atoms with Crippen molar-refractivity contribution in [3.8, 4) is 0 Å². The first kappa shape index (κ1) is 22.9. The molecule has 2 aliphatic rings. The van der Waals surface area contributed by atoms with Gasteiger partial charge >= 0.3 is 0 Å². The van der Waals surface area contributed by atoms with Gasteiger partial charge in [0.15, 0.2) is 0 Å². The summed E-state index contributed by atoms with van der Waals surface area (Å²) in [5.74, 6) is -0.482. The van der Waals surface area contributed by atoms with E-state index in [1.165, 1.54) is 17.0 Å². The number of carbonyl (C=O) groups excluding carboxylic acids is 2. The molecule has 6 nitrogen and oxygen atoms in total. The minimum absolute atomic E-state index is 0.0698. The fourth-order valence-corrected chi connectivity index (χ4v) is 5.33. The molecular formula is C24H30FN3O3S. The number of carbonyl (C=O) groups is 2. The maximum absolute atomic E-state index is 13.9. The third-order valence-corrected chi connectivity index (χ3v) is 7.09. The van der Waals surface area contributed by atoms with Gasteiger partial charge in [0.05, 0.1) is 19.3 Å². The van der Waals surface area contributed by atoms with Crippen molar-refractivity contribution in [3.63, 3.8) is 0 Å². The number of ether oxygens (including phenoxy) is 1. The van der Waals surface area contributed by atoms with Gasteiger partial charge in [0.25, 0.3) is 0 Å². The van der Waals surface area contributed by atoms with E-state index < -0.39 is 0 Å². The Morgan fingerprint density at radius 1 is 1.16 bits per heavy atom. The molecule has 0 bridgehead atoms. The Bertz CT molecular complexity index is 929. The smallest absolute Gasteiger partial charge is 0.223 e. The zero-order chi connectivity index (χ0) is 22.3. The summed E-state index contributed by atoms with van der Waals surface area (Å²) in [7, 11) is 0. The first-order valence-corrected chi connectivity index (χ1v) is 12.2. The molecule has 1 aromatic heterocycles. The van der Waals surface area contributed by atoms with Gasteiger partial charge in [-0.1, -0.05) is 12.1 Å². The summed E-state index contributed by atoms with van der Waals surface area (Å²) in [6, 6.07) is 8.18. The molecule has 0 spiro atoms. The molecule has 0 radical (unpaired) electrons. The monoisotopic (exact) mass is 459 g/mol. The van der Waals surface area contributed by atoms with Gasteiger partial charge in [-0.25, -0.2) is 4.39 Å². The van der Waals surface area contributed by atoms with Crippen molar-refractivity contribution < 1.29 is 18.7 Å². The van der Waals surface area contributed by atoms with Crippen LogP contribution >= 0.6 is 11.3 Å². The number of morpholine rings is 1. The Morgan fingerprint density at radius 3 is 2.81 bits per heavy atom. The van der Waals surface area contributed by atoms with E-state index in [0.29, 0.717) is 13.1 Å². The molecule has 4 rings (SSSR count). The number of halogens is 1. The molecule has 1 atom stereocenters. The van der Waals surface area contributed by atoms with Crippen LogP contribution in [0.2, 0.25) is 0 Å². The first-order valence-electron chi connectivity index (χ1n) is 11.3. The predicted octanol–water partition coefficient (Wildman–Crippen LogP) is 2.98. The van der Waals surface area contributed by atoms with E-state index in [9.17, 15) is 14.0 Å². The average molecular weight is 460 g/mol. The van der Waals surface area contributed by atoms with Crippen molar-refractivity contribution in [3.05, 3.63) is 57.5 Å². The lowest BCUT2D eigenvalue weighted by Gasteiger charge is -2.36. The molecule has 1 fully saturated rings. The van der Waals surface area contributed by atoms with Crippen LogP contribution in [0, 0.1) is 5.82 Å². The third kappa shape index (κ3) is 5.74. The number of hydrogen-bond donors (Lipinski definition) is 1. The van der Waals surface area contributed by atoms with Crippen LogP contribution in [0.1, 0.15) is 41.3 Å². The third-order valence-electron chi connectivity index (χ3n) is 6.09. The minimum atomic E-state index is -0.311. The lowest BCUT2D eigenvalue weighted by Crippen LogP contribution is -2.40. The summed E-state index contributed by atoms with van der Waals surface area (Å²) in [5, 5.41) is 4.95. The number of thiophene rings is 1. The van der Waals surface area contributed by atoms with Gasteiger partial charge in [0.2, 0.25) is 11.8 Å². The second-order valence-electron chi connectivity index (χ2n) is 8.25. The number of hydrogen-bond acceptors (Lipinski definition) is 5. The summed E-state index contributed by atoms with van der Waals surface area (Å²) in [4.78, 5) is 30.7. The van der Waals surface area contributed by atoms with Crippen molar-refractivity contribution in [2.75, 3.05) is 45.9 Å². The normalized spacial score (nSPS) is 18.9. The van der Waals surface area contributed by atoms with Crippen LogP contribution in [0.25, 0.3) is 0 Å². The lowest BCUT2D eigenvalue weighted by atomic mass is 9.92. The van der Waals surface area contributed by atoms with E-state index in [2.05, 4.69) is 10.2 Å². The predicted molar refractivity (Wildman–Crippen MR) is 122 cm³/mol. The standard InChI is InChI=1S/C24H30FN3O3S/c25-19-4-1-3-18(17-19)24-20-8-16-32-21(20)7-11-28(24)23(30)6-5-22(29)26-9-2-10-27-12-14-31-15-13-27/h1,3-4,8,16-17,24H,2,5-7,9-15H2,(H,26,29). The molecule has 1 unspecified atom stereocenters. The van der Waals surface area contributed by atoms with Gasteiger partial charge < -0.3 is 15.0 Å². The Hall–Kier alpha value is -2.29. The summed E-state index contributed by atoms with van der Waals surface area (Å²) >= 11 is 1.68. The Balaban J connectivity index is 1.29. The van der Waals surface area contributed by atoms with Gasteiger partial charge in [-0.2, -0.15) is 0 Å². The molecule has 1 saturated heterocycles. The highest BCUT2D eigenvalue weighted by Gasteiger charge is 2.32. The maximum Gasteiger partial charge on any atom is 0.223 e. The molecular weight excluding hydrogens is 429 g/mol. The highest BCUT2D eigenvalue weighted by Crippen LogP contribution is 2.38. The van der Waals surface area contributed by atoms with Gasteiger partial charge in [-0.15, -0.1) is 11.3 Å². The SMILES string of the molecule is O=C(CCC(=O)N1CCc2sccc2C1c1cccc(F)c1)NCCCN1CCOCC1. The highest BCUT2D eigenvalue weighted by molar-refractivity contribution is 7.10. The molecule has 0 saturated carbocycles. The molecule has 2 amide bonds. The summed E-state index contributed by atoms with van der Waals surface area (Å²) in [5.41, 5.74) is 1.83. The molecule has 2 aliphatic heterocycles. The van der Waals surface area contributed by atoms with E-state index >= 15 is 0 Å². The van der Waals surface area contributed by atoms with Gasteiger partial charge in [-0.3, -0.25) is 14.5 Å². The number of benzene rings is 1. The molecule has 1 aromatic carbocycles. The molecule has 8 heteroatoms. The van der Waals surface area contributed by atoms with Crippen molar-refractivity contribution >= 4 is 23.2 Å². The van der Waals surface area contributed by atoms with E-state index in [4.69, 9.17) is 4.74 Å². The van der Waals surface area contributed by atoms with Crippen LogP contribution in [0.3, 0.4) is 0 Å². The number of rotatable bonds is 8. The second kappa shape index (κ2) is 11.0. The largest absolute Gasteiger partial charge is 0.379 e. The fraction of sp³-hybridized carbons (Fsp3) is 0.500. The summed E-state index contributed by atoms with van der Waals surface area (Å²) < 4.78 is 19.2. The van der Waals surface area contributed by atoms with Gasteiger partial charge in [-0.05, 0) is 54.1 Å². The van der Waals surface area contributed by atoms with E-state index in [-0.39, 0.29) is 36.5 Å². The minimum Gasteiger partial charge on any atom is -0.379 e. The molecule has 0 aliphatic carbocycles. The summed E-state index contributed by atoms with van der Waals surface area (Å²) in [6.07, 6.45) is 1.99. The van der Waals surface area contributed by atoms with Crippen LogP contribution in [-0.4, -0.2) is 67.6 Å². The van der Waals surface area contributed by atoms with Gasteiger partial charge in [0.1, 0.15) is 5.82 Å². The van der Waals surface area contributed by atoms with Crippen LogP contribution in [0.4, 0.5) is 4.39 Å². The molecule has 32 heavy (non-hydrogen) atoms. The van der Waals surface area contributed by atoms with E-state index in [0.717, 1.165) is 56.8 Å². The average Bonchev–Trinajstić information content (AvgIpc) is 3.29. The van der Waals surface area contributed by atoms with Crippen molar-refractivity contribution in [2.45, 2.75) is 31.7 Å². The maximum atomic E-state index is 13.9. The van der Waals surface area contributed by atoms with E-state index in [1.54, 1.807) is 22.3 Å². The highest BCUT2D eigenvalue weighted by atomic mass is 32.1.